The zero-order valence-electron chi connectivity index (χ0n) is 12.9. The normalized spacial score (nSPS) is 10.5. The molecule has 10 nitrogen and oxygen atoms in total. The van der Waals surface area contributed by atoms with Gasteiger partial charge in [-0.05, 0) is 35.9 Å². The molecule has 0 saturated carbocycles. The Morgan fingerprint density at radius 1 is 1.33 bits per heavy atom. The van der Waals surface area contributed by atoms with Gasteiger partial charge in [0.25, 0.3) is 5.95 Å². The molecule has 1 amide bonds. The first-order valence-corrected chi connectivity index (χ1v) is 7.25. The Morgan fingerprint density at radius 2 is 2.17 bits per heavy atom. The SMILES string of the molecule is COc1ccc(-c2noc(CCCC(=O)Nc3nn[nH]n3)n2)cc1. The van der Waals surface area contributed by atoms with Gasteiger partial charge in [0.15, 0.2) is 0 Å². The summed E-state index contributed by atoms with van der Waals surface area (Å²) >= 11 is 0. The number of aryl methyl sites for hydroxylation is 1. The maximum absolute atomic E-state index is 11.7. The van der Waals surface area contributed by atoms with Crippen molar-refractivity contribution < 1.29 is 14.1 Å². The standard InChI is InChI=1S/C14H15N7O3/c1-23-10-7-5-9(6-8-10)13-16-12(24-19-13)4-2-3-11(22)15-14-17-20-21-18-14/h5-8H,2-4H2,1H3,(H2,15,17,18,20,21,22). The first kappa shape index (κ1) is 15.6. The van der Waals surface area contributed by atoms with Crippen LogP contribution in [-0.4, -0.2) is 43.8 Å². The van der Waals surface area contributed by atoms with E-state index in [1.54, 1.807) is 7.11 Å². The third kappa shape index (κ3) is 3.91. The predicted octanol–water partition coefficient (Wildman–Crippen LogP) is 1.22. The van der Waals surface area contributed by atoms with Crippen LogP contribution in [0, 0.1) is 0 Å². The molecule has 0 fully saturated rings. The van der Waals surface area contributed by atoms with E-state index in [4.69, 9.17) is 9.26 Å². The molecule has 0 saturated heterocycles. The Labute approximate surface area is 136 Å². The highest BCUT2D eigenvalue weighted by Gasteiger charge is 2.10. The van der Waals surface area contributed by atoms with Gasteiger partial charge < -0.3 is 9.26 Å². The summed E-state index contributed by atoms with van der Waals surface area (Å²) in [7, 11) is 1.61. The van der Waals surface area contributed by atoms with E-state index in [1.807, 2.05) is 24.3 Å². The van der Waals surface area contributed by atoms with Crippen molar-refractivity contribution in [1.29, 1.82) is 0 Å². The molecule has 124 valence electrons. The van der Waals surface area contributed by atoms with Crippen LogP contribution in [0.15, 0.2) is 28.8 Å². The van der Waals surface area contributed by atoms with Crippen LogP contribution in [-0.2, 0) is 11.2 Å². The Bertz CT molecular complexity index is 783. The predicted molar refractivity (Wildman–Crippen MR) is 82.0 cm³/mol. The van der Waals surface area contributed by atoms with E-state index in [1.165, 1.54) is 0 Å². The molecule has 0 atom stereocenters. The fraction of sp³-hybridized carbons (Fsp3) is 0.286. The Kier molecular flexibility index (Phi) is 4.75. The van der Waals surface area contributed by atoms with Crippen molar-refractivity contribution >= 4 is 11.9 Å². The fourth-order valence-electron chi connectivity index (χ4n) is 2.02. The number of amides is 1. The van der Waals surface area contributed by atoms with E-state index < -0.39 is 0 Å². The third-order valence-corrected chi connectivity index (χ3v) is 3.21. The smallest absolute Gasteiger partial charge is 0.269 e. The zero-order chi connectivity index (χ0) is 16.8. The number of rotatable bonds is 7. The molecular formula is C14H15N7O3. The number of hydrogen-bond acceptors (Lipinski definition) is 8. The summed E-state index contributed by atoms with van der Waals surface area (Å²) in [4.78, 5) is 16.0. The van der Waals surface area contributed by atoms with Crippen LogP contribution in [0.3, 0.4) is 0 Å². The molecule has 3 aromatic rings. The summed E-state index contributed by atoms with van der Waals surface area (Å²) in [5.41, 5.74) is 0.834. The van der Waals surface area contributed by atoms with Gasteiger partial charge in [-0.2, -0.15) is 10.2 Å². The van der Waals surface area contributed by atoms with Gasteiger partial charge >= 0.3 is 0 Å². The fourth-order valence-corrected chi connectivity index (χ4v) is 2.02. The Hall–Kier alpha value is -3.30. The van der Waals surface area contributed by atoms with Crippen molar-refractivity contribution in [2.24, 2.45) is 0 Å². The number of nitrogens with one attached hydrogen (secondary N) is 2. The maximum atomic E-state index is 11.7. The number of carbonyl (C=O) groups is 1. The van der Waals surface area contributed by atoms with E-state index in [2.05, 4.69) is 36.1 Å². The lowest BCUT2D eigenvalue weighted by molar-refractivity contribution is -0.116. The molecule has 2 aromatic heterocycles. The number of anilines is 1. The van der Waals surface area contributed by atoms with Gasteiger partial charge in [-0.25, -0.2) is 0 Å². The van der Waals surface area contributed by atoms with Gasteiger partial charge in [-0.15, -0.1) is 5.10 Å². The average Bonchev–Trinajstić information content (AvgIpc) is 3.27. The minimum Gasteiger partial charge on any atom is -0.497 e. The van der Waals surface area contributed by atoms with E-state index in [9.17, 15) is 4.79 Å². The van der Waals surface area contributed by atoms with Crippen molar-refractivity contribution in [3.05, 3.63) is 30.2 Å². The Balaban J connectivity index is 1.49. The summed E-state index contributed by atoms with van der Waals surface area (Å²) in [5.74, 6) is 1.69. The molecule has 0 aliphatic rings. The number of aromatic amines is 1. The van der Waals surface area contributed by atoms with E-state index in [-0.39, 0.29) is 18.3 Å². The van der Waals surface area contributed by atoms with Crippen molar-refractivity contribution in [2.75, 3.05) is 12.4 Å². The van der Waals surface area contributed by atoms with Crippen LogP contribution in [0.1, 0.15) is 18.7 Å². The molecule has 24 heavy (non-hydrogen) atoms. The molecule has 10 heteroatoms. The summed E-state index contributed by atoms with van der Waals surface area (Å²) in [5, 5.41) is 19.4. The molecule has 0 spiro atoms. The number of methoxy groups -OCH3 is 1. The lowest BCUT2D eigenvalue weighted by atomic mass is 10.2. The molecule has 2 heterocycles. The quantitative estimate of drug-likeness (QED) is 0.661. The van der Waals surface area contributed by atoms with E-state index in [0.29, 0.717) is 24.6 Å². The lowest BCUT2D eigenvalue weighted by Crippen LogP contribution is -2.12. The second-order valence-corrected chi connectivity index (χ2v) is 4.88. The van der Waals surface area contributed by atoms with Gasteiger partial charge in [0.2, 0.25) is 17.6 Å². The summed E-state index contributed by atoms with van der Waals surface area (Å²) < 4.78 is 10.3. The molecule has 2 N–H and O–H groups in total. The van der Waals surface area contributed by atoms with Crippen LogP contribution < -0.4 is 10.1 Å². The van der Waals surface area contributed by atoms with Crippen molar-refractivity contribution in [1.82, 2.24) is 30.8 Å². The third-order valence-electron chi connectivity index (χ3n) is 3.21. The topological polar surface area (TPSA) is 132 Å². The van der Waals surface area contributed by atoms with Crippen molar-refractivity contribution in [2.45, 2.75) is 19.3 Å². The highest BCUT2D eigenvalue weighted by atomic mass is 16.5. The van der Waals surface area contributed by atoms with E-state index >= 15 is 0 Å². The molecule has 0 unspecified atom stereocenters. The number of H-pyrrole nitrogens is 1. The van der Waals surface area contributed by atoms with Crippen LogP contribution in [0.25, 0.3) is 11.4 Å². The Morgan fingerprint density at radius 3 is 2.88 bits per heavy atom. The largest absolute Gasteiger partial charge is 0.497 e. The minimum atomic E-state index is -0.203. The van der Waals surface area contributed by atoms with Crippen molar-refractivity contribution in [3.8, 4) is 17.1 Å². The van der Waals surface area contributed by atoms with Gasteiger partial charge in [0.1, 0.15) is 5.75 Å². The summed E-state index contributed by atoms with van der Waals surface area (Å²) in [6.45, 7) is 0. The second-order valence-electron chi connectivity index (χ2n) is 4.88. The summed E-state index contributed by atoms with van der Waals surface area (Å²) in [6.07, 6.45) is 1.35. The first-order chi connectivity index (χ1) is 11.7. The van der Waals surface area contributed by atoms with Crippen LogP contribution in [0.5, 0.6) is 5.75 Å². The van der Waals surface area contributed by atoms with Gasteiger partial charge in [-0.1, -0.05) is 10.3 Å². The monoisotopic (exact) mass is 329 g/mol. The average molecular weight is 329 g/mol. The number of tetrazole rings is 1. The molecule has 0 aliphatic carbocycles. The number of ether oxygens (including phenoxy) is 1. The zero-order valence-corrected chi connectivity index (χ0v) is 12.9. The number of carbonyl (C=O) groups excluding carboxylic acids is 1. The second kappa shape index (κ2) is 7.31. The number of nitrogens with zero attached hydrogens (tertiary/aromatic N) is 5. The highest BCUT2D eigenvalue weighted by Crippen LogP contribution is 2.20. The van der Waals surface area contributed by atoms with Gasteiger partial charge in [0, 0.05) is 18.4 Å². The van der Waals surface area contributed by atoms with Gasteiger partial charge in [0.05, 0.1) is 7.11 Å². The molecule has 0 aliphatic heterocycles. The van der Waals surface area contributed by atoms with Crippen LogP contribution in [0.4, 0.5) is 5.95 Å². The highest BCUT2D eigenvalue weighted by molar-refractivity contribution is 5.88. The molecule has 3 rings (SSSR count). The van der Waals surface area contributed by atoms with E-state index in [0.717, 1.165) is 11.3 Å². The summed E-state index contributed by atoms with van der Waals surface area (Å²) in [6, 6.07) is 7.36. The number of aromatic nitrogens is 6. The number of hydrogen-bond donors (Lipinski definition) is 2. The van der Waals surface area contributed by atoms with Gasteiger partial charge in [-0.3, -0.25) is 10.1 Å². The minimum absolute atomic E-state index is 0.152. The number of benzene rings is 1. The maximum Gasteiger partial charge on any atom is 0.269 e. The van der Waals surface area contributed by atoms with Crippen LogP contribution >= 0.6 is 0 Å². The lowest BCUT2D eigenvalue weighted by Gasteiger charge is -1.99. The van der Waals surface area contributed by atoms with Crippen molar-refractivity contribution in [3.63, 3.8) is 0 Å². The molecule has 0 bridgehead atoms. The van der Waals surface area contributed by atoms with Crippen LogP contribution in [0.2, 0.25) is 0 Å². The first-order valence-electron chi connectivity index (χ1n) is 7.25. The molecule has 1 aromatic carbocycles. The molecular weight excluding hydrogens is 314 g/mol. The molecule has 0 radical (unpaired) electrons.